The second-order valence-corrected chi connectivity index (χ2v) is 4.80. The highest BCUT2D eigenvalue weighted by atomic mass is 35.5. The van der Waals surface area contributed by atoms with Crippen LogP contribution in [0.15, 0.2) is 30.5 Å². The summed E-state index contributed by atoms with van der Waals surface area (Å²) in [4.78, 5) is 4.35. The Labute approximate surface area is 123 Å². The normalized spacial score (nSPS) is 10.3. The molecule has 0 saturated carbocycles. The molecule has 0 saturated heterocycles. The minimum absolute atomic E-state index is 0.544. The molecule has 2 aromatic rings. The van der Waals surface area contributed by atoms with Crippen LogP contribution in [-0.4, -0.2) is 21.7 Å². The summed E-state index contributed by atoms with van der Waals surface area (Å²) < 4.78 is 0. The number of hydrogen-bond donors (Lipinski definition) is 2. The second kappa shape index (κ2) is 7.65. The van der Waals surface area contributed by atoms with Gasteiger partial charge >= 0.3 is 0 Å². The van der Waals surface area contributed by atoms with Crippen molar-refractivity contribution in [2.45, 2.75) is 26.3 Å². The zero-order chi connectivity index (χ0) is 14.2. The number of anilines is 2. The highest BCUT2D eigenvalue weighted by Crippen LogP contribution is 2.16. The van der Waals surface area contributed by atoms with Crippen molar-refractivity contribution in [1.82, 2.24) is 15.2 Å². The van der Waals surface area contributed by atoms with Crippen LogP contribution in [0, 0.1) is 0 Å². The fourth-order valence-corrected chi connectivity index (χ4v) is 1.87. The maximum atomic E-state index is 6.11. The van der Waals surface area contributed by atoms with Crippen molar-refractivity contribution in [3.63, 3.8) is 0 Å². The zero-order valence-corrected chi connectivity index (χ0v) is 12.2. The summed E-state index contributed by atoms with van der Waals surface area (Å²) in [7, 11) is 0. The standard InChI is InChI=1S/C14H18ClN5/c1-2-3-8-16-14-19-13(10-18-20-14)17-9-11-6-4-5-7-12(11)15/h4-7,10H,2-3,8-9H2,1H3,(H2,16,17,19,20). The molecule has 0 unspecified atom stereocenters. The van der Waals surface area contributed by atoms with E-state index in [9.17, 15) is 0 Å². The highest BCUT2D eigenvalue weighted by molar-refractivity contribution is 6.31. The summed E-state index contributed by atoms with van der Waals surface area (Å²) >= 11 is 6.11. The van der Waals surface area contributed by atoms with Gasteiger partial charge in [0.2, 0.25) is 5.95 Å². The van der Waals surface area contributed by atoms with E-state index in [1.54, 1.807) is 6.20 Å². The highest BCUT2D eigenvalue weighted by Gasteiger charge is 2.02. The molecule has 1 aromatic carbocycles. The molecule has 106 valence electrons. The van der Waals surface area contributed by atoms with Gasteiger partial charge in [-0.2, -0.15) is 10.1 Å². The Morgan fingerprint density at radius 1 is 1.20 bits per heavy atom. The van der Waals surface area contributed by atoms with Crippen molar-refractivity contribution in [2.24, 2.45) is 0 Å². The molecule has 0 aliphatic rings. The predicted octanol–water partition coefficient (Wildman–Crippen LogP) is 3.35. The van der Waals surface area contributed by atoms with E-state index < -0.39 is 0 Å². The van der Waals surface area contributed by atoms with Gasteiger partial charge < -0.3 is 10.6 Å². The first-order chi connectivity index (χ1) is 9.79. The molecule has 0 fully saturated rings. The largest absolute Gasteiger partial charge is 0.364 e. The Balaban J connectivity index is 1.93. The van der Waals surface area contributed by atoms with Crippen molar-refractivity contribution in [1.29, 1.82) is 0 Å². The molecular formula is C14H18ClN5. The van der Waals surface area contributed by atoms with Gasteiger partial charge in [-0.25, -0.2) is 0 Å². The van der Waals surface area contributed by atoms with Gasteiger partial charge in [0, 0.05) is 18.1 Å². The van der Waals surface area contributed by atoms with E-state index in [1.165, 1.54) is 0 Å². The van der Waals surface area contributed by atoms with E-state index in [4.69, 9.17) is 11.6 Å². The lowest BCUT2D eigenvalue weighted by molar-refractivity contribution is 0.819. The number of nitrogens with one attached hydrogen (secondary N) is 2. The average Bonchev–Trinajstić information content (AvgIpc) is 2.47. The molecule has 0 aliphatic carbocycles. The van der Waals surface area contributed by atoms with E-state index in [1.807, 2.05) is 24.3 Å². The van der Waals surface area contributed by atoms with Gasteiger partial charge in [0.15, 0.2) is 5.82 Å². The SMILES string of the molecule is CCCCNc1nncc(NCc2ccccc2Cl)n1. The quantitative estimate of drug-likeness (QED) is 0.766. The molecule has 0 aliphatic heterocycles. The average molecular weight is 292 g/mol. The molecule has 0 bridgehead atoms. The van der Waals surface area contributed by atoms with Crippen LogP contribution in [0.1, 0.15) is 25.3 Å². The summed E-state index contributed by atoms with van der Waals surface area (Å²) in [6.07, 6.45) is 3.81. The lowest BCUT2D eigenvalue weighted by Crippen LogP contribution is -2.09. The molecule has 1 aromatic heterocycles. The van der Waals surface area contributed by atoms with E-state index >= 15 is 0 Å². The first kappa shape index (κ1) is 14.5. The number of rotatable bonds is 7. The third-order valence-corrected chi connectivity index (χ3v) is 3.16. The van der Waals surface area contributed by atoms with Crippen molar-refractivity contribution in [3.05, 3.63) is 41.0 Å². The van der Waals surface area contributed by atoms with Crippen LogP contribution in [0.25, 0.3) is 0 Å². The van der Waals surface area contributed by atoms with E-state index in [2.05, 4.69) is 32.7 Å². The molecule has 5 nitrogen and oxygen atoms in total. The second-order valence-electron chi connectivity index (χ2n) is 4.39. The third kappa shape index (κ3) is 4.35. The molecule has 0 spiro atoms. The van der Waals surface area contributed by atoms with Crippen LogP contribution < -0.4 is 10.6 Å². The van der Waals surface area contributed by atoms with Gasteiger partial charge in [0.05, 0.1) is 6.20 Å². The number of halogens is 1. The van der Waals surface area contributed by atoms with Gasteiger partial charge in [-0.15, -0.1) is 5.10 Å². The predicted molar refractivity (Wildman–Crippen MR) is 82.0 cm³/mol. The summed E-state index contributed by atoms with van der Waals surface area (Å²) in [6, 6.07) is 7.71. The van der Waals surface area contributed by atoms with Gasteiger partial charge in [0.25, 0.3) is 0 Å². The first-order valence-corrected chi connectivity index (χ1v) is 7.08. The summed E-state index contributed by atoms with van der Waals surface area (Å²) in [6.45, 7) is 3.60. The molecule has 2 rings (SSSR count). The van der Waals surface area contributed by atoms with E-state index in [0.717, 1.165) is 30.0 Å². The molecule has 0 atom stereocenters. The smallest absolute Gasteiger partial charge is 0.244 e. The van der Waals surface area contributed by atoms with Crippen molar-refractivity contribution >= 4 is 23.4 Å². The maximum absolute atomic E-state index is 6.11. The lowest BCUT2D eigenvalue weighted by atomic mass is 10.2. The molecular weight excluding hydrogens is 274 g/mol. The summed E-state index contributed by atoms with van der Waals surface area (Å²) in [5.74, 6) is 1.22. The van der Waals surface area contributed by atoms with E-state index in [-0.39, 0.29) is 0 Å². The van der Waals surface area contributed by atoms with Crippen LogP contribution in [0.2, 0.25) is 5.02 Å². The maximum Gasteiger partial charge on any atom is 0.244 e. The number of hydrogen-bond acceptors (Lipinski definition) is 5. The van der Waals surface area contributed by atoms with Gasteiger partial charge in [-0.1, -0.05) is 43.1 Å². The first-order valence-electron chi connectivity index (χ1n) is 6.70. The molecule has 2 N–H and O–H groups in total. The fourth-order valence-electron chi connectivity index (χ4n) is 1.67. The molecule has 0 amide bonds. The Hall–Kier alpha value is -1.88. The minimum atomic E-state index is 0.544. The van der Waals surface area contributed by atoms with Gasteiger partial charge in [-0.3, -0.25) is 0 Å². The number of aromatic nitrogens is 3. The van der Waals surface area contributed by atoms with Gasteiger partial charge in [-0.05, 0) is 18.1 Å². The summed E-state index contributed by atoms with van der Waals surface area (Å²) in [5, 5.41) is 15.0. The fraction of sp³-hybridized carbons (Fsp3) is 0.357. The van der Waals surface area contributed by atoms with Crippen LogP contribution >= 0.6 is 11.6 Å². The Morgan fingerprint density at radius 2 is 2.05 bits per heavy atom. The Bertz CT molecular complexity index is 547. The Morgan fingerprint density at radius 3 is 2.85 bits per heavy atom. The Kier molecular flexibility index (Phi) is 5.55. The summed E-state index contributed by atoms with van der Waals surface area (Å²) in [5.41, 5.74) is 1.02. The molecule has 6 heteroatoms. The van der Waals surface area contributed by atoms with Crippen molar-refractivity contribution in [3.8, 4) is 0 Å². The van der Waals surface area contributed by atoms with Crippen LogP contribution in [0.5, 0.6) is 0 Å². The molecule has 0 radical (unpaired) electrons. The van der Waals surface area contributed by atoms with Crippen LogP contribution in [0.3, 0.4) is 0 Å². The number of nitrogens with zero attached hydrogens (tertiary/aromatic N) is 3. The minimum Gasteiger partial charge on any atom is -0.364 e. The van der Waals surface area contributed by atoms with Gasteiger partial charge in [0.1, 0.15) is 0 Å². The molecule has 1 heterocycles. The van der Waals surface area contributed by atoms with Crippen LogP contribution in [-0.2, 0) is 6.54 Å². The number of unbranched alkanes of at least 4 members (excludes halogenated alkanes) is 1. The number of benzene rings is 1. The van der Waals surface area contributed by atoms with Crippen LogP contribution in [0.4, 0.5) is 11.8 Å². The topological polar surface area (TPSA) is 62.7 Å². The molecule has 20 heavy (non-hydrogen) atoms. The van der Waals surface area contributed by atoms with Crippen molar-refractivity contribution in [2.75, 3.05) is 17.2 Å². The van der Waals surface area contributed by atoms with Crippen molar-refractivity contribution < 1.29 is 0 Å². The van der Waals surface area contributed by atoms with E-state index in [0.29, 0.717) is 18.3 Å². The zero-order valence-electron chi connectivity index (χ0n) is 11.4. The monoisotopic (exact) mass is 291 g/mol. The lowest BCUT2D eigenvalue weighted by Gasteiger charge is -2.08. The third-order valence-electron chi connectivity index (χ3n) is 2.79.